The minimum absolute atomic E-state index is 0.110. The van der Waals surface area contributed by atoms with Gasteiger partial charge in [-0.25, -0.2) is 0 Å². The SMILES string of the molecule is Cc1ccc(NC(=O)C[S@@](=O)CC(=O)N(c2cccc3ccccc23)[C@H](C)C(=O)NC2CCCC2)cc1. The van der Waals surface area contributed by atoms with Gasteiger partial charge in [-0.2, -0.15) is 0 Å². The molecule has 194 valence electrons. The van der Waals surface area contributed by atoms with Crippen molar-refractivity contribution in [3.05, 3.63) is 72.3 Å². The molecule has 0 spiro atoms. The second kappa shape index (κ2) is 12.1. The number of carbonyl (C=O) groups is 3. The minimum Gasteiger partial charge on any atom is -0.352 e. The average Bonchev–Trinajstić information content (AvgIpc) is 3.38. The monoisotopic (exact) mass is 519 g/mol. The van der Waals surface area contributed by atoms with E-state index in [1.54, 1.807) is 25.1 Å². The van der Waals surface area contributed by atoms with Crippen LogP contribution in [0.3, 0.4) is 0 Å². The lowest BCUT2D eigenvalue weighted by atomic mass is 10.1. The van der Waals surface area contributed by atoms with Gasteiger partial charge in [0.25, 0.3) is 0 Å². The van der Waals surface area contributed by atoms with Crippen LogP contribution in [0.25, 0.3) is 10.8 Å². The number of hydrogen-bond acceptors (Lipinski definition) is 4. The predicted octanol–water partition coefficient (Wildman–Crippen LogP) is 4.32. The van der Waals surface area contributed by atoms with Crippen LogP contribution in [0.15, 0.2) is 66.7 Å². The number of nitrogens with one attached hydrogen (secondary N) is 2. The maximum Gasteiger partial charge on any atom is 0.243 e. The first kappa shape index (κ1) is 26.5. The number of benzene rings is 3. The highest BCUT2D eigenvalue weighted by molar-refractivity contribution is 7.86. The van der Waals surface area contributed by atoms with Crippen molar-refractivity contribution in [2.75, 3.05) is 21.7 Å². The van der Waals surface area contributed by atoms with Crippen LogP contribution in [0.2, 0.25) is 0 Å². The third-order valence-electron chi connectivity index (χ3n) is 6.68. The van der Waals surface area contributed by atoms with Crippen molar-refractivity contribution < 1.29 is 18.6 Å². The van der Waals surface area contributed by atoms with E-state index >= 15 is 0 Å². The fourth-order valence-electron chi connectivity index (χ4n) is 4.73. The Morgan fingerprint density at radius 3 is 2.35 bits per heavy atom. The summed E-state index contributed by atoms with van der Waals surface area (Å²) in [5, 5.41) is 7.55. The zero-order valence-corrected chi connectivity index (χ0v) is 22.1. The van der Waals surface area contributed by atoms with Gasteiger partial charge in [0.15, 0.2) is 0 Å². The summed E-state index contributed by atoms with van der Waals surface area (Å²) in [6.45, 7) is 3.64. The third kappa shape index (κ3) is 6.83. The van der Waals surface area contributed by atoms with Gasteiger partial charge in [0.2, 0.25) is 17.7 Å². The van der Waals surface area contributed by atoms with Crippen LogP contribution < -0.4 is 15.5 Å². The molecule has 1 aliphatic carbocycles. The Kier molecular flexibility index (Phi) is 8.71. The maximum absolute atomic E-state index is 13.6. The van der Waals surface area contributed by atoms with E-state index in [0.29, 0.717) is 11.4 Å². The van der Waals surface area contributed by atoms with E-state index in [1.165, 1.54) is 4.90 Å². The number of nitrogens with zero attached hydrogens (tertiary/aromatic N) is 1. The van der Waals surface area contributed by atoms with E-state index in [1.807, 2.05) is 55.5 Å². The molecule has 0 unspecified atom stereocenters. The lowest BCUT2D eigenvalue weighted by Gasteiger charge is -2.30. The molecular weight excluding hydrogens is 486 g/mol. The Hall–Kier alpha value is -3.52. The number of anilines is 2. The summed E-state index contributed by atoms with van der Waals surface area (Å²) in [7, 11) is -1.75. The molecule has 0 bridgehead atoms. The third-order valence-corrected chi connectivity index (χ3v) is 7.83. The molecule has 37 heavy (non-hydrogen) atoms. The number of aryl methyl sites for hydroxylation is 1. The van der Waals surface area contributed by atoms with Gasteiger partial charge in [0.1, 0.15) is 17.5 Å². The van der Waals surface area contributed by atoms with Gasteiger partial charge in [-0.05, 0) is 50.3 Å². The molecule has 0 heterocycles. The smallest absolute Gasteiger partial charge is 0.243 e. The Labute approximate surface area is 220 Å². The molecule has 0 aromatic heterocycles. The molecule has 3 aromatic carbocycles. The summed E-state index contributed by atoms with van der Waals surface area (Å²) in [5.41, 5.74) is 2.25. The van der Waals surface area contributed by atoms with Gasteiger partial charge in [0, 0.05) is 27.9 Å². The summed E-state index contributed by atoms with van der Waals surface area (Å²) in [4.78, 5) is 40.7. The summed E-state index contributed by atoms with van der Waals surface area (Å²) < 4.78 is 12.9. The first-order chi connectivity index (χ1) is 17.8. The molecular formula is C29H33N3O4S. The van der Waals surface area contributed by atoms with Crippen molar-refractivity contribution in [2.45, 2.75) is 51.6 Å². The fraction of sp³-hybridized carbons (Fsp3) is 0.345. The van der Waals surface area contributed by atoms with Crippen LogP contribution in [0.4, 0.5) is 11.4 Å². The molecule has 0 saturated heterocycles. The number of rotatable bonds is 9. The normalized spacial score (nSPS) is 15.2. The van der Waals surface area contributed by atoms with Crippen molar-refractivity contribution >= 4 is 50.7 Å². The van der Waals surface area contributed by atoms with Gasteiger partial charge >= 0.3 is 0 Å². The summed E-state index contributed by atoms with van der Waals surface area (Å²) >= 11 is 0. The fourth-order valence-corrected chi connectivity index (χ4v) is 5.61. The van der Waals surface area contributed by atoms with Crippen LogP contribution in [-0.4, -0.2) is 45.5 Å². The lowest BCUT2D eigenvalue weighted by Crippen LogP contribution is -2.51. The van der Waals surface area contributed by atoms with E-state index in [0.717, 1.165) is 42.0 Å². The Bertz CT molecular complexity index is 1300. The molecule has 8 heteroatoms. The highest BCUT2D eigenvalue weighted by Crippen LogP contribution is 2.29. The van der Waals surface area contributed by atoms with Crippen molar-refractivity contribution in [2.24, 2.45) is 0 Å². The zero-order valence-electron chi connectivity index (χ0n) is 21.2. The van der Waals surface area contributed by atoms with Gasteiger partial charge in [-0.3, -0.25) is 23.5 Å². The van der Waals surface area contributed by atoms with Crippen LogP contribution >= 0.6 is 0 Å². The second-order valence-electron chi connectivity index (χ2n) is 9.57. The first-order valence-electron chi connectivity index (χ1n) is 12.6. The van der Waals surface area contributed by atoms with Crippen molar-refractivity contribution in [3.63, 3.8) is 0 Å². The maximum atomic E-state index is 13.6. The number of fused-ring (bicyclic) bond motifs is 1. The van der Waals surface area contributed by atoms with Crippen LogP contribution in [0.5, 0.6) is 0 Å². The van der Waals surface area contributed by atoms with Crippen molar-refractivity contribution in [1.82, 2.24) is 5.32 Å². The average molecular weight is 520 g/mol. The Morgan fingerprint density at radius 2 is 1.62 bits per heavy atom. The molecule has 0 radical (unpaired) electrons. The minimum atomic E-state index is -1.75. The quantitative estimate of drug-likeness (QED) is 0.440. The second-order valence-corrected chi connectivity index (χ2v) is 11.0. The zero-order chi connectivity index (χ0) is 26.4. The molecule has 1 saturated carbocycles. The Balaban J connectivity index is 1.52. The summed E-state index contributed by atoms with van der Waals surface area (Å²) in [6, 6.07) is 19.8. The van der Waals surface area contributed by atoms with E-state index in [4.69, 9.17) is 0 Å². The van der Waals surface area contributed by atoms with Crippen LogP contribution in [0.1, 0.15) is 38.2 Å². The number of hydrogen-bond donors (Lipinski definition) is 2. The van der Waals surface area contributed by atoms with Crippen molar-refractivity contribution in [1.29, 1.82) is 0 Å². The van der Waals surface area contributed by atoms with Gasteiger partial charge in [-0.15, -0.1) is 0 Å². The van der Waals surface area contributed by atoms with Gasteiger partial charge in [-0.1, -0.05) is 66.9 Å². The Morgan fingerprint density at radius 1 is 0.946 bits per heavy atom. The molecule has 0 aliphatic heterocycles. The first-order valence-corrected chi connectivity index (χ1v) is 14.1. The van der Waals surface area contributed by atoms with E-state index < -0.39 is 28.7 Å². The highest BCUT2D eigenvalue weighted by Gasteiger charge is 2.31. The molecule has 7 nitrogen and oxygen atoms in total. The van der Waals surface area contributed by atoms with E-state index in [9.17, 15) is 18.6 Å². The summed E-state index contributed by atoms with van der Waals surface area (Å²) in [6.07, 6.45) is 4.02. The molecule has 1 aliphatic rings. The molecule has 2 atom stereocenters. The predicted molar refractivity (Wildman–Crippen MR) is 149 cm³/mol. The molecule has 4 rings (SSSR count). The standard InChI is InChI=1S/C29H33N3O4S/c1-20-14-16-24(17-15-20)30-27(33)18-37(36)19-28(34)32(21(2)29(35)31-23-10-4-5-11-23)26-13-7-9-22-8-3-6-12-25(22)26/h3,6-9,12-17,21,23H,4-5,10-11,18-19H2,1-2H3,(H,30,33)(H,31,35)/t21-,37-/m1/s1. The molecule has 3 aromatic rings. The van der Waals surface area contributed by atoms with Crippen LogP contribution in [0, 0.1) is 6.92 Å². The molecule has 2 N–H and O–H groups in total. The molecule has 3 amide bonds. The molecule has 1 fully saturated rings. The number of carbonyl (C=O) groups excluding carboxylic acids is 3. The summed E-state index contributed by atoms with van der Waals surface area (Å²) in [5.74, 6) is -1.82. The lowest BCUT2D eigenvalue weighted by molar-refractivity contribution is -0.125. The van der Waals surface area contributed by atoms with Gasteiger partial charge in [0.05, 0.1) is 5.69 Å². The number of amides is 3. The van der Waals surface area contributed by atoms with Gasteiger partial charge < -0.3 is 10.6 Å². The van der Waals surface area contributed by atoms with E-state index in [2.05, 4.69) is 10.6 Å². The van der Waals surface area contributed by atoms with Crippen molar-refractivity contribution in [3.8, 4) is 0 Å². The van der Waals surface area contributed by atoms with E-state index in [-0.39, 0.29) is 23.5 Å². The highest BCUT2D eigenvalue weighted by atomic mass is 32.2. The van der Waals surface area contributed by atoms with Crippen LogP contribution in [-0.2, 0) is 25.2 Å². The largest absolute Gasteiger partial charge is 0.352 e. The topological polar surface area (TPSA) is 95.6 Å².